The van der Waals surface area contributed by atoms with Crippen molar-refractivity contribution in [1.29, 1.82) is 5.26 Å². The zero-order valence-electron chi connectivity index (χ0n) is 19.2. The van der Waals surface area contributed by atoms with Gasteiger partial charge >= 0.3 is 5.97 Å². The third kappa shape index (κ3) is 5.26. The number of carboxylic acid groups (broad SMARTS) is 1. The van der Waals surface area contributed by atoms with Gasteiger partial charge in [-0.1, -0.05) is 84.9 Å². The van der Waals surface area contributed by atoms with E-state index in [0.29, 0.717) is 0 Å². The lowest BCUT2D eigenvalue weighted by Gasteiger charge is -2.09. The normalized spacial score (nSPS) is 12.8. The van der Waals surface area contributed by atoms with E-state index < -0.39 is 5.97 Å². The van der Waals surface area contributed by atoms with Gasteiger partial charge in [0, 0.05) is 20.4 Å². The van der Waals surface area contributed by atoms with E-state index in [-0.39, 0.29) is 5.57 Å². The van der Waals surface area contributed by atoms with Crippen molar-refractivity contribution in [3.05, 3.63) is 135 Å². The minimum absolute atomic E-state index is 0.247. The molecule has 3 nitrogen and oxygen atoms in total. The molecule has 0 radical (unpaired) electrons. The predicted molar refractivity (Wildman–Crippen MR) is 150 cm³/mol. The number of rotatable bonds is 6. The Bertz CT molecular complexity index is 1500. The molecule has 0 spiro atoms. The van der Waals surface area contributed by atoms with Crippen molar-refractivity contribution in [1.82, 2.24) is 0 Å². The first-order valence-electron chi connectivity index (χ1n) is 11.4. The molecular weight excluding hydrogens is 482 g/mol. The van der Waals surface area contributed by atoms with Gasteiger partial charge in [-0.05, 0) is 57.7 Å². The van der Waals surface area contributed by atoms with Gasteiger partial charge in [0.25, 0.3) is 0 Å². The standard InChI is InChI=1S/C31H21NO2S2/c32-19-25(31(33)34)16-27-18-30-26(20-35-27)17-29(36-30)24-13-11-21(12-14-24)15-28(22-7-3-1-4-8-22)23-9-5-2-6-10-23/h1-18H,20H2,(H,33,34)/b25-16+. The Labute approximate surface area is 218 Å². The van der Waals surface area contributed by atoms with Crippen LogP contribution in [0.15, 0.2) is 108 Å². The third-order valence-electron chi connectivity index (χ3n) is 5.82. The fourth-order valence-electron chi connectivity index (χ4n) is 4.00. The first-order chi connectivity index (χ1) is 17.6. The van der Waals surface area contributed by atoms with Crippen molar-refractivity contribution in [3.8, 4) is 16.5 Å². The maximum Gasteiger partial charge on any atom is 0.346 e. The molecule has 2 heterocycles. The number of nitrogens with zero attached hydrogens (tertiary/aromatic N) is 1. The Morgan fingerprint density at radius 3 is 2.11 bits per heavy atom. The molecule has 4 aromatic rings. The molecule has 174 valence electrons. The van der Waals surface area contributed by atoms with E-state index in [1.807, 2.05) is 18.2 Å². The van der Waals surface area contributed by atoms with E-state index in [1.165, 1.54) is 33.2 Å². The molecule has 0 unspecified atom stereocenters. The average molecular weight is 504 g/mol. The van der Waals surface area contributed by atoms with E-state index >= 15 is 0 Å². The van der Waals surface area contributed by atoms with Gasteiger partial charge in [0.15, 0.2) is 0 Å². The molecule has 0 saturated heterocycles. The molecule has 3 aromatic carbocycles. The highest BCUT2D eigenvalue weighted by Gasteiger charge is 2.16. The monoisotopic (exact) mass is 503 g/mol. The first kappa shape index (κ1) is 23.6. The lowest BCUT2D eigenvalue weighted by Crippen LogP contribution is -1.98. The molecule has 0 aliphatic carbocycles. The summed E-state index contributed by atoms with van der Waals surface area (Å²) in [6.45, 7) is 0. The molecule has 0 atom stereocenters. The van der Waals surface area contributed by atoms with Gasteiger partial charge in [0.05, 0.1) is 0 Å². The fourth-order valence-corrected chi connectivity index (χ4v) is 6.27. The number of carboxylic acids is 1. The highest BCUT2D eigenvalue weighted by atomic mass is 32.2. The van der Waals surface area contributed by atoms with Crippen LogP contribution in [0.5, 0.6) is 0 Å². The molecule has 0 saturated carbocycles. The minimum atomic E-state index is -1.20. The Hall–Kier alpha value is -4.11. The van der Waals surface area contributed by atoms with Crippen LogP contribution >= 0.6 is 23.1 Å². The molecular formula is C31H21NO2S2. The highest BCUT2D eigenvalue weighted by Crippen LogP contribution is 2.41. The van der Waals surface area contributed by atoms with Gasteiger partial charge in [0.1, 0.15) is 11.6 Å². The van der Waals surface area contributed by atoms with E-state index in [4.69, 9.17) is 10.4 Å². The molecule has 0 bridgehead atoms. The average Bonchev–Trinajstić information content (AvgIpc) is 3.35. The van der Waals surface area contributed by atoms with Crippen LogP contribution in [0.4, 0.5) is 0 Å². The van der Waals surface area contributed by atoms with E-state index in [9.17, 15) is 4.79 Å². The molecule has 0 amide bonds. The van der Waals surface area contributed by atoms with Crippen LogP contribution in [0.2, 0.25) is 0 Å². The van der Waals surface area contributed by atoms with Gasteiger partial charge in [-0.15, -0.1) is 23.1 Å². The zero-order valence-corrected chi connectivity index (χ0v) is 20.9. The maximum absolute atomic E-state index is 11.2. The number of thioether (sulfide) groups is 1. The van der Waals surface area contributed by atoms with Crippen LogP contribution in [-0.2, 0) is 10.5 Å². The summed E-state index contributed by atoms with van der Waals surface area (Å²) in [5.74, 6) is -0.446. The second kappa shape index (κ2) is 10.7. The largest absolute Gasteiger partial charge is 0.477 e. The van der Waals surface area contributed by atoms with E-state index in [1.54, 1.807) is 29.2 Å². The molecule has 1 aromatic heterocycles. The highest BCUT2D eigenvalue weighted by molar-refractivity contribution is 8.02. The molecule has 1 aliphatic rings. The Morgan fingerprint density at radius 2 is 1.53 bits per heavy atom. The predicted octanol–water partition coefficient (Wildman–Crippen LogP) is 8.13. The fraction of sp³-hybridized carbons (Fsp3) is 0.0323. The van der Waals surface area contributed by atoms with Crippen molar-refractivity contribution in [2.75, 3.05) is 0 Å². The summed E-state index contributed by atoms with van der Waals surface area (Å²) in [7, 11) is 0. The lowest BCUT2D eigenvalue weighted by atomic mass is 9.95. The van der Waals surface area contributed by atoms with Crippen molar-refractivity contribution < 1.29 is 9.90 Å². The van der Waals surface area contributed by atoms with Crippen LogP contribution in [0.1, 0.15) is 27.1 Å². The van der Waals surface area contributed by atoms with Gasteiger partial charge in [-0.25, -0.2) is 4.79 Å². The molecule has 1 aliphatic heterocycles. The van der Waals surface area contributed by atoms with Crippen LogP contribution in [0.25, 0.3) is 28.2 Å². The second-order valence-electron chi connectivity index (χ2n) is 8.22. The smallest absolute Gasteiger partial charge is 0.346 e. The van der Waals surface area contributed by atoms with Crippen molar-refractivity contribution in [3.63, 3.8) is 0 Å². The van der Waals surface area contributed by atoms with Gasteiger partial charge in [-0.3, -0.25) is 0 Å². The molecule has 5 rings (SSSR count). The summed E-state index contributed by atoms with van der Waals surface area (Å²) in [6.07, 6.45) is 5.65. The van der Waals surface area contributed by atoms with Gasteiger partial charge < -0.3 is 5.11 Å². The number of benzene rings is 3. The summed E-state index contributed by atoms with van der Waals surface area (Å²) in [6, 6.07) is 33.4. The number of fused-ring (bicyclic) bond motifs is 1. The van der Waals surface area contributed by atoms with Gasteiger partial charge in [-0.2, -0.15) is 5.26 Å². The Kier molecular flexibility index (Phi) is 6.99. The number of hydrogen-bond acceptors (Lipinski definition) is 4. The number of nitriles is 1. The molecule has 36 heavy (non-hydrogen) atoms. The number of hydrogen-bond donors (Lipinski definition) is 1. The number of aliphatic carboxylic acids is 1. The van der Waals surface area contributed by atoms with Crippen LogP contribution in [-0.4, -0.2) is 11.1 Å². The quantitative estimate of drug-likeness (QED) is 0.164. The third-order valence-corrected chi connectivity index (χ3v) is 8.02. The second-order valence-corrected chi connectivity index (χ2v) is 10.4. The Morgan fingerprint density at radius 1 is 0.889 bits per heavy atom. The summed E-state index contributed by atoms with van der Waals surface area (Å²) in [5, 5.41) is 18.2. The van der Waals surface area contributed by atoms with Crippen LogP contribution in [0.3, 0.4) is 0 Å². The summed E-state index contributed by atoms with van der Waals surface area (Å²) >= 11 is 3.23. The van der Waals surface area contributed by atoms with Crippen LogP contribution in [0, 0.1) is 11.3 Å². The summed E-state index contributed by atoms with van der Waals surface area (Å²) in [5.41, 5.74) is 6.78. The molecule has 1 N–H and O–H groups in total. The topological polar surface area (TPSA) is 61.1 Å². The van der Waals surface area contributed by atoms with E-state index in [0.717, 1.165) is 26.7 Å². The van der Waals surface area contributed by atoms with E-state index in [2.05, 4.69) is 84.9 Å². The zero-order chi connectivity index (χ0) is 24.9. The number of carbonyl (C=O) groups is 1. The van der Waals surface area contributed by atoms with Crippen molar-refractivity contribution >= 4 is 46.8 Å². The van der Waals surface area contributed by atoms with Gasteiger partial charge in [0.2, 0.25) is 0 Å². The SMILES string of the molecule is N#C/C(=C\C1=Cc2sc(-c3ccc(C=C(c4ccccc4)c4ccccc4)cc3)cc2CS1)C(=O)O. The molecule has 5 heteroatoms. The number of thiophene rings is 1. The maximum atomic E-state index is 11.2. The van der Waals surface area contributed by atoms with Crippen LogP contribution < -0.4 is 0 Å². The number of allylic oxidation sites excluding steroid dienone is 1. The lowest BCUT2D eigenvalue weighted by molar-refractivity contribution is -0.132. The first-order valence-corrected chi connectivity index (χ1v) is 13.2. The Balaban J connectivity index is 1.43. The van der Waals surface area contributed by atoms with Crippen molar-refractivity contribution in [2.24, 2.45) is 0 Å². The minimum Gasteiger partial charge on any atom is -0.477 e. The summed E-state index contributed by atoms with van der Waals surface area (Å²) in [4.78, 5) is 14.2. The summed E-state index contributed by atoms with van der Waals surface area (Å²) < 4.78 is 0. The molecule has 0 fully saturated rings. The van der Waals surface area contributed by atoms with Crippen molar-refractivity contribution in [2.45, 2.75) is 5.75 Å².